The third-order valence-electron chi connectivity index (χ3n) is 3.13. The van der Waals surface area contributed by atoms with Crippen LogP contribution in [0.4, 0.5) is 4.39 Å². The first-order valence-electron chi connectivity index (χ1n) is 6.23. The van der Waals surface area contributed by atoms with Crippen LogP contribution in [0.25, 0.3) is 0 Å². The summed E-state index contributed by atoms with van der Waals surface area (Å²) < 4.78 is 13.6. The molecule has 2 aromatic carbocycles. The molecule has 1 unspecified atom stereocenters. The van der Waals surface area contributed by atoms with E-state index in [9.17, 15) is 4.39 Å². The molecule has 0 aliphatic rings. The predicted molar refractivity (Wildman–Crippen MR) is 81.4 cm³/mol. The standard InChI is InChI=1S/C15H15Cl2FN2/c16-13-6-5-10(8-14(13)17)7-12(20-19)9-11-3-1-2-4-15(11)18/h1-6,8,12,20H,7,9,19H2. The highest BCUT2D eigenvalue weighted by Gasteiger charge is 2.12. The van der Waals surface area contributed by atoms with Gasteiger partial charge < -0.3 is 0 Å². The third kappa shape index (κ3) is 3.93. The van der Waals surface area contributed by atoms with Crippen LogP contribution in [0.3, 0.4) is 0 Å². The van der Waals surface area contributed by atoms with Crippen LogP contribution in [-0.4, -0.2) is 6.04 Å². The smallest absolute Gasteiger partial charge is 0.126 e. The lowest BCUT2D eigenvalue weighted by Gasteiger charge is -2.16. The molecule has 2 nitrogen and oxygen atoms in total. The van der Waals surface area contributed by atoms with Crippen LogP contribution in [0.15, 0.2) is 42.5 Å². The number of rotatable bonds is 5. The summed E-state index contributed by atoms with van der Waals surface area (Å²) in [6.45, 7) is 0. The van der Waals surface area contributed by atoms with Crippen molar-refractivity contribution in [1.29, 1.82) is 0 Å². The van der Waals surface area contributed by atoms with Gasteiger partial charge in [-0.25, -0.2) is 4.39 Å². The molecule has 2 aromatic rings. The van der Waals surface area contributed by atoms with Gasteiger partial charge in [0.05, 0.1) is 10.0 Å². The molecule has 0 aliphatic heterocycles. The van der Waals surface area contributed by atoms with Crippen molar-refractivity contribution in [2.24, 2.45) is 5.84 Å². The van der Waals surface area contributed by atoms with Gasteiger partial charge in [-0.1, -0.05) is 47.5 Å². The molecule has 20 heavy (non-hydrogen) atoms. The summed E-state index contributed by atoms with van der Waals surface area (Å²) in [5, 5.41) is 1.02. The average Bonchev–Trinajstić information content (AvgIpc) is 2.44. The molecule has 0 bridgehead atoms. The Hall–Kier alpha value is -1.13. The number of hydrazine groups is 1. The van der Waals surface area contributed by atoms with Crippen LogP contribution in [0.5, 0.6) is 0 Å². The number of nitrogens with two attached hydrogens (primary N) is 1. The van der Waals surface area contributed by atoms with Crippen LogP contribution in [0, 0.1) is 5.82 Å². The molecule has 0 spiro atoms. The summed E-state index contributed by atoms with van der Waals surface area (Å²) in [6.07, 6.45) is 1.14. The van der Waals surface area contributed by atoms with Gasteiger partial charge in [-0.05, 0) is 42.2 Å². The van der Waals surface area contributed by atoms with Crippen molar-refractivity contribution >= 4 is 23.2 Å². The van der Waals surface area contributed by atoms with Crippen LogP contribution in [-0.2, 0) is 12.8 Å². The Bertz CT molecular complexity index is 590. The maximum Gasteiger partial charge on any atom is 0.126 e. The summed E-state index contributed by atoms with van der Waals surface area (Å²) in [5.74, 6) is 5.33. The Labute approximate surface area is 127 Å². The molecule has 0 aliphatic carbocycles. The topological polar surface area (TPSA) is 38.0 Å². The summed E-state index contributed by atoms with van der Waals surface area (Å²) >= 11 is 11.9. The molecule has 1 atom stereocenters. The monoisotopic (exact) mass is 312 g/mol. The number of hydrogen-bond donors (Lipinski definition) is 2. The first-order valence-corrected chi connectivity index (χ1v) is 6.99. The van der Waals surface area contributed by atoms with Gasteiger partial charge in [-0.15, -0.1) is 0 Å². The zero-order valence-corrected chi connectivity index (χ0v) is 12.3. The highest BCUT2D eigenvalue weighted by molar-refractivity contribution is 6.42. The Kier molecular flexibility index (Phi) is 5.38. The second-order valence-corrected chi connectivity index (χ2v) is 5.43. The average molecular weight is 313 g/mol. The maximum atomic E-state index is 13.6. The third-order valence-corrected chi connectivity index (χ3v) is 3.86. The highest BCUT2D eigenvalue weighted by atomic mass is 35.5. The first-order chi connectivity index (χ1) is 9.60. The zero-order valence-electron chi connectivity index (χ0n) is 10.7. The van der Waals surface area contributed by atoms with Crippen molar-refractivity contribution in [3.05, 3.63) is 69.5 Å². The van der Waals surface area contributed by atoms with Crippen molar-refractivity contribution in [1.82, 2.24) is 5.43 Å². The van der Waals surface area contributed by atoms with E-state index in [1.54, 1.807) is 24.3 Å². The lowest BCUT2D eigenvalue weighted by molar-refractivity contribution is 0.506. The van der Waals surface area contributed by atoms with E-state index in [0.29, 0.717) is 28.5 Å². The number of benzene rings is 2. The van der Waals surface area contributed by atoms with E-state index in [1.165, 1.54) is 6.07 Å². The van der Waals surface area contributed by atoms with Crippen molar-refractivity contribution < 1.29 is 4.39 Å². The van der Waals surface area contributed by atoms with Crippen molar-refractivity contribution in [3.63, 3.8) is 0 Å². The van der Waals surface area contributed by atoms with Crippen LogP contribution < -0.4 is 11.3 Å². The lowest BCUT2D eigenvalue weighted by Crippen LogP contribution is -2.38. The zero-order chi connectivity index (χ0) is 14.5. The minimum Gasteiger partial charge on any atom is -0.271 e. The molecule has 5 heteroatoms. The SMILES string of the molecule is NNC(Cc1ccc(Cl)c(Cl)c1)Cc1ccccc1F. The Balaban J connectivity index is 2.09. The minimum absolute atomic E-state index is 0.0795. The minimum atomic E-state index is -0.220. The van der Waals surface area contributed by atoms with E-state index in [-0.39, 0.29) is 11.9 Å². The fraction of sp³-hybridized carbons (Fsp3) is 0.200. The van der Waals surface area contributed by atoms with Gasteiger partial charge in [0.2, 0.25) is 0 Å². The molecule has 0 radical (unpaired) electrons. The quantitative estimate of drug-likeness (QED) is 0.652. The summed E-state index contributed by atoms with van der Waals surface area (Å²) in [6, 6.07) is 12.0. The van der Waals surface area contributed by atoms with E-state index in [4.69, 9.17) is 29.0 Å². The van der Waals surface area contributed by atoms with Crippen molar-refractivity contribution in [2.75, 3.05) is 0 Å². The second kappa shape index (κ2) is 7.04. The van der Waals surface area contributed by atoms with Gasteiger partial charge in [0, 0.05) is 6.04 Å². The number of halogens is 3. The van der Waals surface area contributed by atoms with Crippen molar-refractivity contribution in [3.8, 4) is 0 Å². The molecule has 2 rings (SSSR count). The fourth-order valence-electron chi connectivity index (χ4n) is 2.07. The van der Waals surface area contributed by atoms with Crippen LogP contribution in [0.1, 0.15) is 11.1 Å². The summed E-state index contributed by atoms with van der Waals surface area (Å²) in [7, 11) is 0. The molecule has 0 amide bonds. The van der Waals surface area contributed by atoms with Crippen LogP contribution in [0.2, 0.25) is 10.0 Å². The lowest BCUT2D eigenvalue weighted by atomic mass is 9.99. The Morgan fingerprint density at radius 1 is 1.05 bits per heavy atom. The summed E-state index contributed by atoms with van der Waals surface area (Å²) in [5.41, 5.74) is 4.35. The molecule has 0 aromatic heterocycles. The Morgan fingerprint density at radius 3 is 2.45 bits per heavy atom. The van der Waals surface area contributed by atoms with Crippen molar-refractivity contribution in [2.45, 2.75) is 18.9 Å². The number of hydrogen-bond acceptors (Lipinski definition) is 2. The van der Waals surface area contributed by atoms with Gasteiger partial charge in [0.15, 0.2) is 0 Å². The van der Waals surface area contributed by atoms with E-state index >= 15 is 0 Å². The molecule has 0 fully saturated rings. The van der Waals surface area contributed by atoms with Gasteiger partial charge in [0.25, 0.3) is 0 Å². The number of nitrogens with one attached hydrogen (secondary N) is 1. The Morgan fingerprint density at radius 2 is 1.80 bits per heavy atom. The molecule has 0 heterocycles. The highest BCUT2D eigenvalue weighted by Crippen LogP contribution is 2.23. The molecule has 3 N–H and O–H groups in total. The second-order valence-electron chi connectivity index (χ2n) is 4.61. The van der Waals surface area contributed by atoms with Gasteiger partial charge in [-0.3, -0.25) is 11.3 Å². The van der Waals surface area contributed by atoms with E-state index < -0.39 is 0 Å². The summed E-state index contributed by atoms with van der Waals surface area (Å²) in [4.78, 5) is 0. The predicted octanol–water partition coefficient (Wildman–Crippen LogP) is 3.75. The van der Waals surface area contributed by atoms with Crippen LogP contribution >= 0.6 is 23.2 Å². The molecular formula is C15H15Cl2FN2. The maximum absolute atomic E-state index is 13.6. The van der Waals surface area contributed by atoms with E-state index in [2.05, 4.69) is 5.43 Å². The molecule has 106 valence electrons. The largest absolute Gasteiger partial charge is 0.271 e. The molecule has 0 saturated carbocycles. The van der Waals surface area contributed by atoms with Gasteiger partial charge in [0.1, 0.15) is 5.82 Å². The van der Waals surface area contributed by atoms with Gasteiger partial charge >= 0.3 is 0 Å². The van der Waals surface area contributed by atoms with E-state index in [0.717, 1.165) is 5.56 Å². The van der Waals surface area contributed by atoms with E-state index in [1.807, 2.05) is 12.1 Å². The molecular weight excluding hydrogens is 298 g/mol. The first kappa shape index (κ1) is 15.3. The van der Waals surface area contributed by atoms with Gasteiger partial charge in [-0.2, -0.15) is 0 Å². The molecule has 0 saturated heterocycles. The normalized spacial score (nSPS) is 12.4. The fourth-order valence-corrected chi connectivity index (χ4v) is 2.39.